The highest BCUT2D eigenvalue weighted by Crippen LogP contribution is 2.28. The molecule has 0 unspecified atom stereocenters. The van der Waals surface area contributed by atoms with E-state index < -0.39 is 5.82 Å². The van der Waals surface area contributed by atoms with Gasteiger partial charge in [0.2, 0.25) is 5.91 Å². The van der Waals surface area contributed by atoms with Crippen LogP contribution in [0.5, 0.6) is 11.5 Å². The van der Waals surface area contributed by atoms with Gasteiger partial charge in [0.1, 0.15) is 11.6 Å². The van der Waals surface area contributed by atoms with Gasteiger partial charge in [-0.05, 0) is 62.9 Å². The van der Waals surface area contributed by atoms with Gasteiger partial charge in [-0.1, -0.05) is 30.3 Å². The Labute approximate surface area is 256 Å². The molecule has 3 heterocycles. The fourth-order valence-electron chi connectivity index (χ4n) is 5.18. The minimum atomic E-state index is -0.632. The molecule has 10 nitrogen and oxygen atoms in total. The van der Waals surface area contributed by atoms with E-state index in [1.807, 2.05) is 30.3 Å². The maximum absolute atomic E-state index is 14.9. The van der Waals surface area contributed by atoms with Gasteiger partial charge in [0.25, 0.3) is 0 Å². The predicted octanol–water partition coefficient (Wildman–Crippen LogP) is 4.31. The second kappa shape index (κ2) is 13.9. The summed E-state index contributed by atoms with van der Waals surface area (Å²) in [5.41, 5.74) is 1.21. The van der Waals surface area contributed by atoms with Crippen LogP contribution in [0.4, 0.5) is 20.7 Å². The van der Waals surface area contributed by atoms with Crippen LogP contribution in [0.25, 0.3) is 0 Å². The van der Waals surface area contributed by atoms with Crippen LogP contribution in [0.1, 0.15) is 18.4 Å². The van der Waals surface area contributed by atoms with E-state index in [1.54, 1.807) is 23.1 Å². The number of hydrogen-bond acceptors (Lipinski definition) is 7. The summed E-state index contributed by atoms with van der Waals surface area (Å²) >= 11 is 5.20. The van der Waals surface area contributed by atoms with E-state index in [0.29, 0.717) is 42.4 Å². The number of rotatable bonds is 8. The van der Waals surface area contributed by atoms with Crippen LogP contribution in [-0.2, 0) is 11.2 Å². The topological polar surface area (TPSA) is 102 Å². The molecule has 3 amide bonds. The molecule has 5 rings (SSSR count). The van der Waals surface area contributed by atoms with E-state index in [1.165, 1.54) is 18.3 Å². The minimum absolute atomic E-state index is 0.0161. The molecule has 0 bridgehead atoms. The lowest BCUT2D eigenvalue weighted by Crippen LogP contribution is -2.62. The van der Waals surface area contributed by atoms with Crippen LogP contribution in [0.15, 0.2) is 66.9 Å². The minimum Gasteiger partial charge on any atom is -0.454 e. The Morgan fingerprint density at radius 1 is 1.05 bits per heavy atom. The van der Waals surface area contributed by atoms with Gasteiger partial charge in [0.05, 0.1) is 6.42 Å². The molecule has 2 fully saturated rings. The smallest absolute Gasteiger partial charge is 0.323 e. The molecule has 226 valence electrons. The maximum atomic E-state index is 14.9. The van der Waals surface area contributed by atoms with Gasteiger partial charge in [-0.2, -0.15) is 0 Å². The lowest BCUT2D eigenvalue weighted by Gasteiger charge is -2.49. The number of piperidine rings is 1. The monoisotopic (exact) mass is 605 g/mol. The number of amides is 3. The van der Waals surface area contributed by atoms with Crippen LogP contribution < -0.4 is 20.7 Å². The average molecular weight is 606 g/mol. The fraction of sp³-hybridized carbons (Fsp3) is 0.355. The molecule has 0 spiro atoms. The first-order chi connectivity index (χ1) is 20.7. The number of benzene rings is 2. The summed E-state index contributed by atoms with van der Waals surface area (Å²) in [7, 11) is 4.23. The third-order valence-electron chi connectivity index (χ3n) is 7.73. The van der Waals surface area contributed by atoms with Gasteiger partial charge in [0, 0.05) is 62.3 Å². The molecule has 0 atom stereocenters. The summed E-state index contributed by atoms with van der Waals surface area (Å²) in [6, 6.07) is 17.6. The summed E-state index contributed by atoms with van der Waals surface area (Å²) < 4.78 is 20.6. The third-order valence-corrected chi connectivity index (χ3v) is 7.94. The summed E-state index contributed by atoms with van der Waals surface area (Å²) in [4.78, 5) is 35.9. The van der Waals surface area contributed by atoms with Crippen molar-refractivity contribution in [1.82, 2.24) is 25.0 Å². The molecule has 12 heteroatoms. The summed E-state index contributed by atoms with van der Waals surface area (Å²) in [5.74, 6) is -0.290. The number of likely N-dealkylation sites (N-methyl/N-ethyl adjacent to an activating group) is 1. The number of nitrogens with one attached hydrogen (secondary N) is 3. The lowest BCUT2D eigenvalue weighted by atomic mass is 9.97. The van der Waals surface area contributed by atoms with Crippen LogP contribution >= 0.6 is 12.2 Å². The van der Waals surface area contributed by atoms with E-state index in [2.05, 4.69) is 44.8 Å². The number of urea groups is 1. The Hall–Kier alpha value is -4.13. The molecule has 1 aromatic heterocycles. The number of carbonyl (C=O) groups excluding carboxylic acids is 2. The van der Waals surface area contributed by atoms with Crippen LogP contribution in [0.2, 0.25) is 0 Å². The Bertz CT molecular complexity index is 1440. The number of pyridine rings is 1. The molecule has 43 heavy (non-hydrogen) atoms. The highest BCUT2D eigenvalue weighted by atomic mass is 32.1. The van der Waals surface area contributed by atoms with Crippen LogP contribution in [-0.4, -0.2) is 89.1 Å². The second-order valence-electron chi connectivity index (χ2n) is 11.0. The number of hydrogen-bond donors (Lipinski definition) is 3. The Morgan fingerprint density at radius 3 is 2.49 bits per heavy atom. The van der Waals surface area contributed by atoms with Crippen molar-refractivity contribution in [2.45, 2.75) is 31.3 Å². The van der Waals surface area contributed by atoms with Gasteiger partial charge in [-0.25, -0.2) is 14.2 Å². The Kier molecular flexibility index (Phi) is 9.80. The summed E-state index contributed by atoms with van der Waals surface area (Å²) in [6.45, 7) is 3.53. The molecule has 2 saturated heterocycles. The van der Waals surface area contributed by atoms with E-state index in [-0.39, 0.29) is 29.2 Å². The maximum Gasteiger partial charge on any atom is 0.323 e. The number of thiocarbonyl (C=S) groups is 1. The highest BCUT2D eigenvalue weighted by Gasteiger charge is 2.35. The zero-order valence-corrected chi connectivity index (χ0v) is 25.1. The molecule has 3 aromatic rings. The van der Waals surface area contributed by atoms with Crippen molar-refractivity contribution in [3.05, 3.63) is 78.2 Å². The van der Waals surface area contributed by atoms with Gasteiger partial charge >= 0.3 is 6.03 Å². The number of likely N-dealkylation sites (tertiary alicyclic amines) is 2. The van der Waals surface area contributed by atoms with E-state index in [9.17, 15) is 14.0 Å². The summed E-state index contributed by atoms with van der Waals surface area (Å²) in [6.07, 6.45) is 3.55. The van der Waals surface area contributed by atoms with Crippen LogP contribution in [0.3, 0.4) is 0 Å². The Morgan fingerprint density at radius 2 is 1.79 bits per heavy atom. The normalized spacial score (nSPS) is 16.0. The molecule has 3 N–H and O–H groups in total. The molecule has 2 aliphatic heterocycles. The largest absolute Gasteiger partial charge is 0.454 e. The Balaban J connectivity index is 1.09. The van der Waals surface area contributed by atoms with Crippen molar-refractivity contribution in [3.63, 3.8) is 0 Å². The third kappa shape index (κ3) is 8.25. The van der Waals surface area contributed by atoms with Gasteiger partial charge in [-0.15, -0.1) is 0 Å². The fourth-order valence-corrected chi connectivity index (χ4v) is 5.41. The lowest BCUT2D eigenvalue weighted by molar-refractivity contribution is -0.119. The number of halogens is 1. The van der Waals surface area contributed by atoms with Gasteiger partial charge in [0.15, 0.2) is 16.7 Å². The number of ether oxygens (including phenoxy) is 1. The molecule has 2 aromatic carbocycles. The average Bonchev–Trinajstić information content (AvgIpc) is 2.94. The number of anilines is 2. The van der Waals surface area contributed by atoms with Crippen molar-refractivity contribution in [2.24, 2.45) is 0 Å². The molecular weight excluding hydrogens is 569 g/mol. The zero-order valence-electron chi connectivity index (χ0n) is 24.3. The predicted molar refractivity (Wildman–Crippen MR) is 168 cm³/mol. The van der Waals surface area contributed by atoms with E-state index >= 15 is 0 Å². The molecular formula is C31H36FN7O3S. The van der Waals surface area contributed by atoms with Gasteiger partial charge < -0.3 is 25.2 Å². The van der Waals surface area contributed by atoms with Crippen molar-refractivity contribution in [2.75, 3.05) is 50.9 Å². The van der Waals surface area contributed by atoms with Crippen molar-refractivity contribution in [3.8, 4) is 11.5 Å². The first kappa shape index (κ1) is 30.3. The van der Waals surface area contributed by atoms with Gasteiger partial charge in [-0.3, -0.25) is 15.0 Å². The quantitative estimate of drug-likeness (QED) is 0.327. The van der Waals surface area contributed by atoms with Crippen LogP contribution in [0, 0.1) is 5.82 Å². The van der Waals surface area contributed by atoms with Crippen molar-refractivity contribution in [1.29, 1.82) is 0 Å². The van der Waals surface area contributed by atoms with E-state index in [0.717, 1.165) is 31.5 Å². The molecule has 0 saturated carbocycles. The second-order valence-corrected chi connectivity index (χ2v) is 11.4. The first-order valence-corrected chi connectivity index (χ1v) is 14.7. The molecule has 0 radical (unpaired) electrons. The SMILES string of the molecule is CN(C)C1CN(C2CCN(C(=O)Nc3cc(Oc4ccc(NC(=S)NC(=O)Cc5ccccc5)cc4F)ccn3)CC2)C1. The highest BCUT2D eigenvalue weighted by molar-refractivity contribution is 7.80. The first-order valence-electron chi connectivity index (χ1n) is 14.3. The number of nitrogens with zero attached hydrogens (tertiary/aromatic N) is 4. The van der Waals surface area contributed by atoms with Crippen molar-refractivity contribution < 1.29 is 18.7 Å². The van der Waals surface area contributed by atoms with Crippen molar-refractivity contribution >= 4 is 40.8 Å². The molecule has 2 aliphatic rings. The van der Waals surface area contributed by atoms with E-state index in [4.69, 9.17) is 17.0 Å². The molecule has 0 aliphatic carbocycles. The number of carbonyl (C=O) groups is 2. The standard InChI is InChI=1S/C31H36FN7O3S/c1-37(2)24-19-39(20-24)23-11-14-38(15-12-23)31(41)35-28-18-25(10-13-33-28)42-27-9-8-22(17-26(27)32)34-30(43)36-29(40)16-21-6-4-3-5-7-21/h3-10,13,17-18,23-24H,11-12,14-16,19-20H2,1-2H3,(H,33,35,41)(H2,34,36,40,43). The summed E-state index contributed by atoms with van der Waals surface area (Å²) in [5, 5.41) is 8.30. The zero-order chi connectivity index (χ0) is 30.3. The number of aromatic nitrogens is 1.